The van der Waals surface area contributed by atoms with Gasteiger partial charge in [-0.05, 0) is 22.0 Å². The molecule has 1 fully saturated rings. The molecule has 1 saturated heterocycles. The Labute approximate surface area is 101 Å². The van der Waals surface area contributed by atoms with Gasteiger partial charge in [-0.25, -0.2) is 0 Å². The minimum atomic E-state index is -0.124. The number of rotatable bonds is 3. The number of ether oxygens (including phenoxy) is 1. The molecule has 5 heteroatoms. The molecule has 3 nitrogen and oxygen atoms in total. The second-order valence-corrected chi connectivity index (χ2v) is 5.59. The van der Waals surface area contributed by atoms with Crippen LogP contribution in [0.4, 0.5) is 0 Å². The third-order valence-electron chi connectivity index (χ3n) is 2.51. The van der Waals surface area contributed by atoms with Crippen LogP contribution in [0.15, 0.2) is 15.9 Å². The van der Waals surface area contributed by atoms with E-state index in [0.29, 0.717) is 19.6 Å². The minimum Gasteiger partial charge on any atom is -0.379 e. The third kappa shape index (κ3) is 2.66. The number of halogens is 1. The van der Waals surface area contributed by atoms with Gasteiger partial charge in [0.1, 0.15) is 5.78 Å². The molecule has 0 radical (unpaired) electrons. The van der Waals surface area contributed by atoms with E-state index in [0.717, 1.165) is 9.35 Å². The van der Waals surface area contributed by atoms with Crippen molar-refractivity contribution in [3.05, 3.63) is 20.8 Å². The van der Waals surface area contributed by atoms with Gasteiger partial charge >= 0.3 is 0 Å². The highest BCUT2D eigenvalue weighted by atomic mass is 79.9. The van der Waals surface area contributed by atoms with Crippen LogP contribution < -0.4 is 5.73 Å². The number of hydrogen-bond donors (Lipinski definition) is 1. The van der Waals surface area contributed by atoms with Crippen molar-refractivity contribution in [1.29, 1.82) is 0 Å². The topological polar surface area (TPSA) is 52.3 Å². The van der Waals surface area contributed by atoms with Gasteiger partial charge in [0.05, 0.1) is 19.1 Å². The Kier molecular flexibility index (Phi) is 3.56. The zero-order valence-corrected chi connectivity index (χ0v) is 10.5. The van der Waals surface area contributed by atoms with Crippen LogP contribution in [-0.4, -0.2) is 25.0 Å². The van der Waals surface area contributed by atoms with Crippen LogP contribution in [0.5, 0.6) is 0 Å². The van der Waals surface area contributed by atoms with Gasteiger partial charge in [0.2, 0.25) is 0 Å². The Bertz CT molecular complexity index is 366. The molecule has 1 aliphatic rings. The number of hydrogen-bond acceptors (Lipinski definition) is 4. The summed E-state index contributed by atoms with van der Waals surface area (Å²) < 4.78 is 6.21. The lowest BCUT2D eigenvalue weighted by Crippen LogP contribution is -2.34. The van der Waals surface area contributed by atoms with Crippen LogP contribution in [0.3, 0.4) is 0 Å². The maximum Gasteiger partial charge on any atom is 0.145 e. The molecule has 1 aromatic rings. The van der Waals surface area contributed by atoms with Crippen LogP contribution in [0.1, 0.15) is 4.88 Å². The second-order valence-electron chi connectivity index (χ2n) is 3.68. The Morgan fingerprint density at radius 1 is 1.67 bits per heavy atom. The van der Waals surface area contributed by atoms with E-state index in [2.05, 4.69) is 15.9 Å². The summed E-state index contributed by atoms with van der Waals surface area (Å²) in [6.07, 6.45) is 0.470. The van der Waals surface area contributed by atoms with Gasteiger partial charge in [-0.2, -0.15) is 0 Å². The fraction of sp³-hybridized carbons (Fsp3) is 0.500. The molecule has 2 rings (SSSR count). The van der Waals surface area contributed by atoms with Crippen molar-refractivity contribution in [2.45, 2.75) is 12.5 Å². The van der Waals surface area contributed by atoms with E-state index in [1.54, 1.807) is 11.3 Å². The van der Waals surface area contributed by atoms with E-state index in [1.165, 1.54) is 0 Å². The van der Waals surface area contributed by atoms with Crippen LogP contribution in [0.2, 0.25) is 0 Å². The number of nitrogens with two attached hydrogens (primary N) is 1. The van der Waals surface area contributed by atoms with E-state index in [-0.39, 0.29) is 17.7 Å². The van der Waals surface area contributed by atoms with Gasteiger partial charge in [0.25, 0.3) is 0 Å². The van der Waals surface area contributed by atoms with Crippen molar-refractivity contribution in [2.24, 2.45) is 11.7 Å². The monoisotopic (exact) mass is 289 g/mol. The van der Waals surface area contributed by atoms with Gasteiger partial charge < -0.3 is 10.5 Å². The molecule has 82 valence electrons. The predicted molar refractivity (Wildman–Crippen MR) is 63.0 cm³/mol. The Balaban J connectivity index is 1.97. The first kappa shape index (κ1) is 11.3. The van der Waals surface area contributed by atoms with Crippen molar-refractivity contribution in [3.8, 4) is 0 Å². The standard InChI is InChI=1S/C10H12BrNO2S/c11-6-1-7(15-5-6)2-10(13)8-3-14-4-9(8)12/h1,5,8-9H,2-4,12H2. The number of carbonyl (C=O) groups is 1. The smallest absolute Gasteiger partial charge is 0.145 e. The second kappa shape index (κ2) is 4.74. The Morgan fingerprint density at radius 3 is 3.00 bits per heavy atom. The van der Waals surface area contributed by atoms with Crippen molar-refractivity contribution in [1.82, 2.24) is 0 Å². The molecule has 2 atom stereocenters. The van der Waals surface area contributed by atoms with Crippen LogP contribution in [0, 0.1) is 5.92 Å². The van der Waals surface area contributed by atoms with Crippen molar-refractivity contribution in [2.75, 3.05) is 13.2 Å². The average molecular weight is 290 g/mol. The molecule has 1 aromatic heterocycles. The average Bonchev–Trinajstić information content (AvgIpc) is 2.75. The lowest BCUT2D eigenvalue weighted by molar-refractivity contribution is -0.122. The number of Topliss-reactive ketones (excluding diaryl/α,β-unsaturated/α-hetero) is 1. The van der Waals surface area contributed by atoms with Crippen LogP contribution >= 0.6 is 27.3 Å². The van der Waals surface area contributed by atoms with Gasteiger partial charge in [-0.3, -0.25) is 4.79 Å². The summed E-state index contributed by atoms with van der Waals surface area (Å²) in [5.74, 6) is 0.0697. The molecule has 2 N–H and O–H groups in total. The number of thiophene rings is 1. The molecule has 0 bridgehead atoms. The SMILES string of the molecule is NC1COCC1C(=O)Cc1cc(Br)cs1. The molecule has 0 spiro atoms. The summed E-state index contributed by atoms with van der Waals surface area (Å²) >= 11 is 4.96. The zero-order chi connectivity index (χ0) is 10.8. The van der Waals surface area contributed by atoms with E-state index >= 15 is 0 Å². The number of ketones is 1. The molecular formula is C10H12BrNO2S. The van der Waals surface area contributed by atoms with E-state index in [9.17, 15) is 4.79 Å². The molecule has 1 aliphatic heterocycles. The summed E-state index contributed by atoms with van der Waals surface area (Å²) in [5.41, 5.74) is 5.79. The first-order valence-electron chi connectivity index (χ1n) is 4.76. The Hall–Kier alpha value is -0.230. The molecular weight excluding hydrogens is 278 g/mol. The minimum absolute atomic E-state index is 0.120. The molecule has 15 heavy (non-hydrogen) atoms. The van der Waals surface area contributed by atoms with Gasteiger partial charge in [-0.15, -0.1) is 11.3 Å². The fourth-order valence-electron chi connectivity index (χ4n) is 1.65. The van der Waals surface area contributed by atoms with Gasteiger partial charge in [-0.1, -0.05) is 0 Å². The Morgan fingerprint density at radius 2 is 2.47 bits per heavy atom. The van der Waals surface area contributed by atoms with E-state index < -0.39 is 0 Å². The summed E-state index contributed by atoms with van der Waals surface area (Å²) in [4.78, 5) is 12.9. The van der Waals surface area contributed by atoms with Gasteiger partial charge in [0.15, 0.2) is 0 Å². The molecule has 0 aromatic carbocycles. The quantitative estimate of drug-likeness (QED) is 0.920. The van der Waals surface area contributed by atoms with Crippen LogP contribution in [-0.2, 0) is 16.0 Å². The highest BCUT2D eigenvalue weighted by molar-refractivity contribution is 9.10. The summed E-state index contributed by atoms with van der Waals surface area (Å²) in [7, 11) is 0. The highest BCUT2D eigenvalue weighted by Gasteiger charge is 2.31. The summed E-state index contributed by atoms with van der Waals surface area (Å²) in [6.45, 7) is 0.983. The molecule has 0 amide bonds. The predicted octanol–water partition coefficient (Wildman–Crippen LogP) is 1.60. The van der Waals surface area contributed by atoms with Crippen molar-refractivity contribution < 1.29 is 9.53 Å². The normalized spacial score (nSPS) is 25.7. The lowest BCUT2D eigenvalue weighted by Gasteiger charge is -2.10. The third-order valence-corrected chi connectivity index (χ3v) is 4.21. The van der Waals surface area contributed by atoms with Crippen LogP contribution in [0.25, 0.3) is 0 Å². The molecule has 0 aliphatic carbocycles. The molecule has 2 unspecified atom stereocenters. The molecule has 2 heterocycles. The maximum atomic E-state index is 11.9. The van der Waals surface area contributed by atoms with Crippen molar-refractivity contribution in [3.63, 3.8) is 0 Å². The largest absolute Gasteiger partial charge is 0.379 e. The summed E-state index contributed by atoms with van der Waals surface area (Å²) in [6, 6.07) is 1.85. The van der Waals surface area contributed by atoms with Gasteiger partial charge in [0, 0.05) is 27.2 Å². The first-order valence-corrected chi connectivity index (χ1v) is 6.43. The first-order chi connectivity index (χ1) is 7.16. The zero-order valence-electron chi connectivity index (χ0n) is 8.11. The summed E-state index contributed by atoms with van der Waals surface area (Å²) in [5, 5.41) is 1.98. The van der Waals surface area contributed by atoms with E-state index in [4.69, 9.17) is 10.5 Å². The highest BCUT2D eigenvalue weighted by Crippen LogP contribution is 2.22. The number of carbonyl (C=O) groups excluding carboxylic acids is 1. The van der Waals surface area contributed by atoms with E-state index in [1.807, 2.05) is 11.4 Å². The lowest BCUT2D eigenvalue weighted by atomic mass is 9.97. The maximum absolute atomic E-state index is 11.9. The molecule has 0 saturated carbocycles. The fourth-order valence-corrected chi connectivity index (χ4v) is 3.11. The van der Waals surface area contributed by atoms with Crippen molar-refractivity contribution >= 4 is 33.0 Å².